The number of carbonyl (C=O) groups excluding carboxylic acids is 1. The van der Waals surface area contributed by atoms with Gasteiger partial charge in [-0.1, -0.05) is 30.3 Å². The SMILES string of the molecule is O=C(OCc1ccccc1)c1cc(F)c(F)c(F)c1. The lowest BCUT2D eigenvalue weighted by molar-refractivity contribution is 0.0471. The van der Waals surface area contributed by atoms with Gasteiger partial charge in [-0.2, -0.15) is 0 Å². The summed E-state index contributed by atoms with van der Waals surface area (Å²) in [6.07, 6.45) is 0. The highest BCUT2D eigenvalue weighted by atomic mass is 19.2. The molecule has 0 saturated heterocycles. The van der Waals surface area contributed by atoms with Crippen LogP contribution in [0.3, 0.4) is 0 Å². The van der Waals surface area contributed by atoms with E-state index < -0.39 is 23.4 Å². The molecule has 0 unspecified atom stereocenters. The minimum atomic E-state index is -1.61. The molecule has 0 radical (unpaired) electrons. The van der Waals surface area contributed by atoms with Gasteiger partial charge in [-0.05, 0) is 17.7 Å². The van der Waals surface area contributed by atoms with Crippen LogP contribution >= 0.6 is 0 Å². The topological polar surface area (TPSA) is 26.3 Å². The molecule has 0 aliphatic carbocycles. The molecule has 5 heteroatoms. The first-order chi connectivity index (χ1) is 9.08. The van der Waals surface area contributed by atoms with E-state index in [1.807, 2.05) is 0 Å². The summed E-state index contributed by atoms with van der Waals surface area (Å²) in [6.45, 7) is -0.0275. The molecule has 0 saturated carbocycles. The molecule has 19 heavy (non-hydrogen) atoms. The van der Waals surface area contributed by atoms with E-state index in [1.165, 1.54) is 0 Å². The van der Waals surface area contributed by atoms with Crippen molar-refractivity contribution >= 4 is 5.97 Å². The molecule has 0 aromatic heterocycles. The molecule has 2 aromatic carbocycles. The molecule has 0 spiro atoms. The van der Waals surface area contributed by atoms with Gasteiger partial charge in [0.2, 0.25) is 0 Å². The highest BCUT2D eigenvalue weighted by Crippen LogP contribution is 2.15. The van der Waals surface area contributed by atoms with Gasteiger partial charge in [-0.15, -0.1) is 0 Å². The zero-order chi connectivity index (χ0) is 13.8. The predicted octanol–water partition coefficient (Wildman–Crippen LogP) is 3.46. The molecule has 0 heterocycles. The van der Waals surface area contributed by atoms with E-state index in [0.29, 0.717) is 12.1 Å². The van der Waals surface area contributed by atoms with Gasteiger partial charge in [0.15, 0.2) is 17.5 Å². The lowest BCUT2D eigenvalue weighted by atomic mass is 10.2. The standard InChI is InChI=1S/C14H9F3O2/c15-11-6-10(7-12(16)13(11)17)14(18)19-8-9-4-2-1-3-5-9/h1-7H,8H2. The molecule has 0 N–H and O–H groups in total. The Balaban J connectivity index is 2.08. The molecule has 2 aromatic rings. The molecule has 0 fully saturated rings. The number of benzene rings is 2. The molecular weight excluding hydrogens is 257 g/mol. The van der Waals surface area contributed by atoms with Crippen molar-refractivity contribution in [2.24, 2.45) is 0 Å². The van der Waals surface area contributed by atoms with Crippen LogP contribution in [0, 0.1) is 17.5 Å². The second-order valence-corrected chi connectivity index (χ2v) is 3.82. The maximum absolute atomic E-state index is 12.9. The summed E-state index contributed by atoms with van der Waals surface area (Å²) < 4.78 is 43.5. The molecule has 2 rings (SSSR count). The van der Waals surface area contributed by atoms with Gasteiger partial charge in [0, 0.05) is 0 Å². The maximum atomic E-state index is 12.9. The van der Waals surface area contributed by atoms with Crippen LogP contribution in [0.25, 0.3) is 0 Å². The van der Waals surface area contributed by atoms with Crippen LogP contribution in [0.15, 0.2) is 42.5 Å². The fourth-order valence-electron chi connectivity index (χ4n) is 1.48. The molecule has 0 amide bonds. The Morgan fingerprint density at radius 1 is 1.00 bits per heavy atom. The predicted molar refractivity (Wildman–Crippen MR) is 61.9 cm³/mol. The van der Waals surface area contributed by atoms with Gasteiger partial charge in [0.05, 0.1) is 5.56 Å². The number of esters is 1. The average Bonchev–Trinajstić information content (AvgIpc) is 2.42. The first-order valence-corrected chi connectivity index (χ1v) is 5.43. The van der Waals surface area contributed by atoms with E-state index in [9.17, 15) is 18.0 Å². The number of hydrogen-bond donors (Lipinski definition) is 0. The number of carbonyl (C=O) groups is 1. The second kappa shape index (κ2) is 5.56. The third-order valence-corrected chi connectivity index (χ3v) is 2.43. The third kappa shape index (κ3) is 3.13. The zero-order valence-electron chi connectivity index (χ0n) is 9.70. The number of rotatable bonds is 3. The summed E-state index contributed by atoms with van der Waals surface area (Å²) in [7, 11) is 0. The summed E-state index contributed by atoms with van der Waals surface area (Å²) >= 11 is 0. The van der Waals surface area contributed by atoms with E-state index in [0.717, 1.165) is 5.56 Å². The second-order valence-electron chi connectivity index (χ2n) is 3.82. The van der Waals surface area contributed by atoms with Crippen molar-refractivity contribution in [3.63, 3.8) is 0 Å². The Morgan fingerprint density at radius 3 is 2.16 bits per heavy atom. The summed E-state index contributed by atoms with van der Waals surface area (Å²) in [4.78, 5) is 11.6. The summed E-state index contributed by atoms with van der Waals surface area (Å²) in [5.74, 6) is -5.38. The average molecular weight is 266 g/mol. The largest absolute Gasteiger partial charge is 0.457 e. The minimum absolute atomic E-state index is 0.0275. The van der Waals surface area contributed by atoms with E-state index >= 15 is 0 Å². The zero-order valence-corrected chi connectivity index (χ0v) is 9.70. The quantitative estimate of drug-likeness (QED) is 0.628. The Morgan fingerprint density at radius 2 is 1.58 bits per heavy atom. The van der Waals surface area contributed by atoms with Crippen molar-refractivity contribution in [3.05, 3.63) is 71.0 Å². The minimum Gasteiger partial charge on any atom is -0.457 e. The monoisotopic (exact) mass is 266 g/mol. The van der Waals surface area contributed by atoms with Gasteiger partial charge in [-0.3, -0.25) is 0 Å². The van der Waals surface area contributed by atoms with Gasteiger partial charge in [0.1, 0.15) is 6.61 Å². The van der Waals surface area contributed by atoms with Crippen LogP contribution in [-0.2, 0) is 11.3 Å². The fraction of sp³-hybridized carbons (Fsp3) is 0.0714. The first-order valence-electron chi connectivity index (χ1n) is 5.43. The highest BCUT2D eigenvalue weighted by molar-refractivity contribution is 5.89. The Kier molecular flexibility index (Phi) is 3.85. The van der Waals surface area contributed by atoms with Gasteiger partial charge in [0.25, 0.3) is 0 Å². The highest BCUT2D eigenvalue weighted by Gasteiger charge is 2.16. The maximum Gasteiger partial charge on any atom is 0.338 e. The molecular formula is C14H9F3O2. The fourth-order valence-corrected chi connectivity index (χ4v) is 1.48. The van der Waals surface area contributed by atoms with E-state index in [2.05, 4.69) is 0 Å². The number of hydrogen-bond acceptors (Lipinski definition) is 2. The Hall–Kier alpha value is -2.30. The summed E-state index contributed by atoms with van der Waals surface area (Å²) in [6, 6.07) is 10.0. The van der Waals surface area contributed by atoms with Crippen LogP contribution in [0.2, 0.25) is 0 Å². The molecule has 0 bridgehead atoms. The van der Waals surface area contributed by atoms with Crippen molar-refractivity contribution in [2.75, 3.05) is 0 Å². The third-order valence-electron chi connectivity index (χ3n) is 2.43. The van der Waals surface area contributed by atoms with Crippen molar-refractivity contribution in [1.29, 1.82) is 0 Å². The van der Waals surface area contributed by atoms with Crippen LogP contribution < -0.4 is 0 Å². The van der Waals surface area contributed by atoms with Crippen LogP contribution in [0.1, 0.15) is 15.9 Å². The van der Waals surface area contributed by atoms with Crippen molar-refractivity contribution in [3.8, 4) is 0 Å². The van der Waals surface area contributed by atoms with Crippen molar-refractivity contribution in [1.82, 2.24) is 0 Å². The number of halogens is 3. The Bertz CT molecular complexity index is 574. The molecule has 0 aliphatic heterocycles. The van der Waals surface area contributed by atoms with E-state index in [-0.39, 0.29) is 12.2 Å². The smallest absolute Gasteiger partial charge is 0.338 e. The van der Waals surface area contributed by atoms with Crippen molar-refractivity contribution in [2.45, 2.75) is 6.61 Å². The lowest BCUT2D eigenvalue weighted by Gasteiger charge is -2.05. The summed E-state index contributed by atoms with van der Waals surface area (Å²) in [5.41, 5.74) is 0.367. The van der Waals surface area contributed by atoms with E-state index in [1.54, 1.807) is 30.3 Å². The van der Waals surface area contributed by atoms with Gasteiger partial charge in [-0.25, -0.2) is 18.0 Å². The number of ether oxygens (including phenoxy) is 1. The first kappa shape index (κ1) is 13.1. The molecule has 98 valence electrons. The lowest BCUT2D eigenvalue weighted by Crippen LogP contribution is -2.07. The normalized spacial score (nSPS) is 10.3. The molecule has 0 aliphatic rings. The van der Waals surface area contributed by atoms with Crippen LogP contribution in [-0.4, -0.2) is 5.97 Å². The summed E-state index contributed by atoms with van der Waals surface area (Å²) in [5, 5.41) is 0. The van der Waals surface area contributed by atoms with Crippen molar-refractivity contribution < 1.29 is 22.7 Å². The van der Waals surface area contributed by atoms with Gasteiger partial charge >= 0.3 is 5.97 Å². The Labute approximate surface area is 107 Å². The van der Waals surface area contributed by atoms with Gasteiger partial charge < -0.3 is 4.74 Å². The molecule has 0 atom stereocenters. The van der Waals surface area contributed by atoms with Crippen LogP contribution in [0.5, 0.6) is 0 Å². The van der Waals surface area contributed by atoms with Crippen LogP contribution in [0.4, 0.5) is 13.2 Å². The van der Waals surface area contributed by atoms with E-state index in [4.69, 9.17) is 4.74 Å². The molecule has 2 nitrogen and oxygen atoms in total.